The van der Waals surface area contributed by atoms with Crippen molar-refractivity contribution in [2.45, 2.75) is 0 Å². The van der Waals surface area contributed by atoms with E-state index in [9.17, 15) is 9.18 Å². The van der Waals surface area contributed by atoms with Crippen molar-refractivity contribution in [3.63, 3.8) is 0 Å². The third-order valence-corrected chi connectivity index (χ3v) is 3.68. The molecule has 0 spiro atoms. The lowest BCUT2D eigenvalue weighted by Crippen LogP contribution is -2.07. The number of hydrogen-bond donors (Lipinski definition) is 0. The molecule has 0 aromatic heterocycles. The number of esters is 1. The summed E-state index contributed by atoms with van der Waals surface area (Å²) in [7, 11) is 1.53. The highest BCUT2D eigenvalue weighted by atomic mass is 79.9. The quantitative estimate of drug-likeness (QED) is 0.602. The fourth-order valence-corrected chi connectivity index (χ4v) is 2.45. The van der Waals surface area contributed by atoms with Gasteiger partial charge in [0.15, 0.2) is 5.70 Å². The number of carbonyl (C=O) groups excluding carboxylic acids is 1. The molecule has 0 unspecified atom stereocenters. The van der Waals surface area contributed by atoms with Crippen LogP contribution in [-0.2, 0) is 9.53 Å². The zero-order valence-electron chi connectivity index (χ0n) is 12.0. The Balaban J connectivity index is 1.98. The maximum atomic E-state index is 12.9. The minimum atomic E-state index is -0.564. The minimum Gasteiger partial charge on any atom is -0.496 e. The lowest BCUT2D eigenvalue weighted by atomic mass is 10.2. The SMILES string of the molecule is COc1ccc(Br)cc1C1=NC(=Cc2ccc(F)cc2)C(=O)O1. The lowest BCUT2D eigenvalue weighted by molar-refractivity contribution is -0.129. The molecule has 1 heterocycles. The van der Waals surface area contributed by atoms with Crippen molar-refractivity contribution in [3.8, 4) is 5.75 Å². The van der Waals surface area contributed by atoms with E-state index in [1.807, 2.05) is 6.07 Å². The summed E-state index contributed by atoms with van der Waals surface area (Å²) >= 11 is 3.36. The summed E-state index contributed by atoms with van der Waals surface area (Å²) in [5, 5.41) is 0. The number of benzene rings is 2. The first-order chi connectivity index (χ1) is 11.1. The molecule has 0 aliphatic carbocycles. The van der Waals surface area contributed by atoms with Crippen LogP contribution in [0.4, 0.5) is 4.39 Å². The van der Waals surface area contributed by atoms with Gasteiger partial charge in [-0.05, 0) is 42.0 Å². The molecule has 0 N–H and O–H groups in total. The third-order valence-electron chi connectivity index (χ3n) is 3.19. The van der Waals surface area contributed by atoms with Gasteiger partial charge in [-0.15, -0.1) is 0 Å². The Morgan fingerprint density at radius 3 is 2.65 bits per heavy atom. The molecule has 2 aromatic carbocycles. The van der Waals surface area contributed by atoms with E-state index in [2.05, 4.69) is 20.9 Å². The van der Waals surface area contributed by atoms with Crippen LogP contribution in [0.2, 0.25) is 0 Å². The molecule has 0 fully saturated rings. The van der Waals surface area contributed by atoms with Crippen LogP contribution in [0.3, 0.4) is 0 Å². The van der Waals surface area contributed by atoms with Crippen LogP contribution in [0.1, 0.15) is 11.1 Å². The predicted molar refractivity (Wildman–Crippen MR) is 87.7 cm³/mol. The van der Waals surface area contributed by atoms with E-state index < -0.39 is 5.97 Å². The summed E-state index contributed by atoms with van der Waals surface area (Å²) < 4.78 is 24.2. The van der Waals surface area contributed by atoms with Gasteiger partial charge in [-0.1, -0.05) is 28.1 Å². The number of hydrogen-bond acceptors (Lipinski definition) is 4. The minimum absolute atomic E-state index is 0.147. The second-order valence-corrected chi connectivity index (χ2v) is 5.65. The molecule has 0 bridgehead atoms. The monoisotopic (exact) mass is 375 g/mol. The highest BCUT2D eigenvalue weighted by molar-refractivity contribution is 9.10. The Hall–Kier alpha value is -2.47. The number of aliphatic imine (C=N–C) groups is 1. The van der Waals surface area contributed by atoms with Gasteiger partial charge >= 0.3 is 5.97 Å². The van der Waals surface area contributed by atoms with Crippen LogP contribution in [0.5, 0.6) is 5.75 Å². The van der Waals surface area contributed by atoms with E-state index in [4.69, 9.17) is 9.47 Å². The first-order valence-electron chi connectivity index (χ1n) is 6.69. The van der Waals surface area contributed by atoms with E-state index >= 15 is 0 Å². The molecule has 0 saturated heterocycles. The fourth-order valence-electron chi connectivity index (χ4n) is 2.09. The zero-order chi connectivity index (χ0) is 16.4. The number of cyclic esters (lactones) is 1. The Labute approximate surface area is 140 Å². The Morgan fingerprint density at radius 1 is 1.22 bits per heavy atom. The number of methoxy groups -OCH3 is 1. The maximum Gasteiger partial charge on any atom is 0.363 e. The van der Waals surface area contributed by atoms with Crippen LogP contribution >= 0.6 is 15.9 Å². The molecule has 116 valence electrons. The number of nitrogens with zero attached hydrogens (tertiary/aromatic N) is 1. The van der Waals surface area contributed by atoms with Gasteiger partial charge in [-0.2, -0.15) is 0 Å². The molecule has 2 aromatic rings. The van der Waals surface area contributed by atoms with Crippen molar-refractivity contribution in [3.05, 3.63) is 69.6 Å². The van der Waals surface area contributed by atoms with E-state index in [-0.39, 0.29) is 17.4 Å². The van der Waals surface area contributed by atoms with E-state index in [1.165, 1.54) is 19.2 Å². The van der Waals surface area contributed by atoms with Crippen molar-refractivity contribution in [1.82, 2.24) is 0 Å². The molecule has 4 nitrogen and oxygen atoms in total. The number of carbonyl (C=O) groups is 1. The molecule has 6 heteroatoms. The first kappa shape index (κ1) is 15.4. The van der Waals surface area contributed by atoms with Gasteiger partial charge in [0.2, 0.25) is 5.90 Å². The molecule has 0 radical (unpaired) electrons. The van der Waals surface area contributed by atoms with Gasteiger partial charge in [0, 0.05) is 4.47 Å². The Bertz CT molecular complexity index is 828. The maximum absolute atomic E-state index is 12.9. The van der Waals surface area contributed by atoms with Gasteiger partial charge in [0.25, 0.3) is 0 Å². The molecular weight excluding hydrogens is 365 g/mol. The lowest BCUT2D eigenvalue weighted by Gasteiger charge is -2.07. The summed E-state index contributed by atoms with van der Waals surface area (Å²) in [5.74, 6) is -0.195. The van der Waals surface area contributed by atoms with E-state index in [1.54, 1.807) is 30.3 Å². The van der Waals surface area contributed by atoms with Gasteiger partial charge in [0.1, 0.15) is 11.6 Å². The second-order valence-electron chi connectivity index (χ2n) is 4.73. The average molecular weight is 376 g/mol. The van der Waals surface area contributed by atoms with Gasteiger partial charge in [-0.3, -0.25) is 0 Å². The van der Waals surface area contributed by atoms with Crippen molar-refractivity contribution >= 4 is 33.9 Å². The summed E-state index contributed by atoms with van der Waals surface area (Å²) in [4.78, 5) is 16.2. The van der Waals surface area contributed by atoms with Crippen LogP contribution in [0, 0.1) is 5.82 Å². The summed E-state index contributed by atoms with van der Waals surface area (Å²) in [6, 6.07) is 11.1. The van der Waals surface area contributed by atoms with Crippen LogP contribution in [0.15, 0.2) is 57.6 Å². The largest absolute Gasteiger partial charge is 0.496 e. The average Bonchev–Trinajstić information content (AvgIpc) is 2.90. The number of ether oxygens (including phenoxy) is 2. The van der Waals surface area contributed by atoms with E-state index in [0.29, 0.717) is 16.9 Å². The molecule has 1 aliphatic rings. The molecule has 0 saturated carbocycles. The molecule has 1 aliphatic heterocycles. The van der Waals surface area contributed by atoms with Crippen molar-refractivity contribution in [1.29, 1.82) is 0 Å². The topological polar surface area (TPSA) is 47.9 Å². The second kappa shape index (κ2) is 6.34. The van der Waals surface area contributed by atoms with Crippen molar-refractivity contribution in [2.75, 3.05) is 7.11 Å². The van der Waals surface area contributed by atoms with Crippen molar-refractivity contribution in [2.24, 2.45) is 4.99 Å². The Morgan fingerprint density at radius 2 is 1.96 bits per heavy atom. The van der Waals surface area contributed by atoms with Gasteiger partial charge in [0.05, 0.1) is 12.7 Å². The normalized spacial score (nSPS) is 15.5. The van der Waals surface area contributed by atoms with Crippen LogP contribution < -0.4 is 4.74 Å². The van der Waals surface area contributed by atoms with Gasteiger partial charge in [-0.25, -0.2) is 14.2 Å². The molecular formula is C17H11BrFNO3. The fraction of sp³-hybridized carbons (Fsp3) is 0.0588. The van der Waals surface area contributed by atoms with Crippen molar-refractivity contribution < 1.29 is 18.7 Å². The number of halogens is 2. The summed E-state index contributed by atoms with van der Waals surface area (Å²) in [6.07, 6.45) is 1.54. The molecule has 23 heavy (non-hydrogen) atoms. The summed E-state index contributed by atoms with van der Waals surface area (Å²) in [6.45, 7) is 0. The number of rotatable bonds is 3. The Kier molecular flexibility index (Phi) is 4.25. The summed E-state index contributed by atoms with van der Waals surface area (Å²) in [5.41, 5.74) is 1.37. The third kappa shape index (κ3) is 3.32. The molecule has 0 amide bonds. The van der Waals surface area contributed by atoms with E-state index in [0.717, 1.165) is 4.47 Å². The smallest absolute Gasteiger partial charge is 0.363 e. The standard InChI is InChI=1S/C17H11BrFNO3/c1-22-15-7-4-11(18)9-13(15)16-20-14(17(21)23-16)8-10-2-5-12(19)6-3-10/h2-9H,1H3. The molecule has 3 rings (SSSR count). The first-order valence-corrected chi connectivity index (χ1v) is 7.48. The van der Waals surface area contributed by atoms with Crippen LogP contribution in [0.25, 0.3) is 6.08 Å². The highest BCUT2D eigenvalue weighted by Gasteiger charge is 2.26. The predicted octanol–water partition coefficient (Wildman–Crippen LogP) is 3.94. The zero-order valence-corrected chi connectivity index (χ0v) is 13.6. The highest BCUT2D eigenvalue weighted by Crippen LogP contribution is 2.27. The van der Waals surface area contributed by atoms with Crippen LogP contribution in [-0.4, -0.2) is 19.0 Å². The van der Waals surface area contributed by atoms with Gasteiger partial charge < -0.3 is 9.47 Å². The molecule has 0 atom stereocenters.